The Bertz CT molecular complexity index is 1380. The van der Waals surface area contributed by atoms with Gasteiger partial charge in [0.2, 0.25) is 0 Å². The van der Waals surface area contributed by atoms with Crippen LogP contribution < -0.4 is 15.4 Å². The molecule has 0 saturated carbocycles. The molecule has 168 valence electrons. The molecule has 1 aromatic heterocycles. The molecule has 5 rings (SSSR count). The Morgan fingerprint density at radius 1 is 1.21 bits per heavy atom. The molecule has 3 aromatic rings. The van der Waals surface area contributed by atoms with Crippen molar-refractivity contribution in [1.82, 2.24) is 15.5 Å². The van der Waals surface area contributed by atoms with Crippen molar-refractivity contribution in [3.05, 3.63) is 64.7 Å². The minimum Gasteiger partial charge on any atom is -0.497 e. The van der Waals surface area contributed by atoms with E-state index in [1.807, 2.05) is 0 Å². The van der Waals surface area contributed by atoms with Crippen LogP contribution in [0.15, 0.2) is 40.8 Å². The topological polar surface area (TPSA) is 118 Å². The maximum Gasteiger partial charge on any atom is 0.322 e. The lowest BCUT2D eigenvalue weighted by Crippen LogP contribution is -2.52. The third-order valence-electron chi connectivity index (χ3n) is 5.97. The van der Waals surface area contributed by atoms with Crippen LogP contribution in [0.1, 0.15) is 39.0 Å². The number of carbonyl (C=O) groups excluding carboxylic acids is 4. The number of furan rings is 1. The fraction of sp³-hybridized carbons (Fsp3) is 0.217. The predicted octanol–water partition coefficient (Wildman–Crippen LogP) is 2.47. The average molecular weight is 451 g/mol. The number of nitrogens with zero attached hydrogens (tertiary/aromatic N) is 1. The molecule has 33 heavy (non-hydrogen) atoms. The highest BCUT2D eigenvalue weighted by atomic mass is 19.1. The number of halogens is 1. The number of ketones is 1. The number of imide groups is 1. The van der Waals surface area contributed by atoms with E-state index in [9.17, 15) is 23.6 Å². The summed E-state index contributed by atoms with van der Waals surface area (Å²) in [4.78, 5) is 51.2. The van der Waals surface area contributed by atoms with Crippen molar-refractivity contribution in [3.8, 4) is 5.75 Å². The minimum absolute atomic E-state index is 0.0160. The normalized spacial score (nSPS) is 19.6. The number of hydrogen-bond acceptors (Lipinski definition) is 6. The van der Waals surface area contributed by atoms with E-state index in [4.69, 9.17) is 9.15 Å². The summed E-state index contributed by atoms with van der Waals surface area (Å²) < 4.78 is 25.2. The van der Waals surface area contributed by atoms with Crippen LogP contribution in [0, 0.1) is 5.82 Å². The Balaban J connectivity index is 1.56. The molecular formula is C23H18FN3O6. The molecule has 0 bridgehead atoms. The van der Waals surface area contributed by atoms with Crippen molar-refractivity contribution in [2.75, 3.05) is 13.7 Å². The van der Waals surface area contributed by atoms with Gasteiger partial charge in [-0.15, -0.1) is 0 Å². The highest BCUT2D eigenvalue weighted by Crippen LogP contribution is 2.35. The van der Waals surface area contributed by atoms with Gasteiger partial charge in [0.25, 0.3) is 11.8 Å². The second-order valence-electron chi connectivity index (χ2n) is 8.03. The lowest BCUT2D eigenvalue weighted by molar-refractivity contribution is -0.125. The first-order valence-electron chi connectivity index (χ1n) is 10.1. The fourth-order valence-electron chi connectivity index (χ4n) is 4.28. The Labute approximate surface area is 186 Å². The smallest absolute Gasteiger partial charge is 0.322 e. The lowest BCUT2D eigenvalue weighted by atomic mass is 9.95. The van der Waals surface area contributed by atoms with Gasteiger partial charge in [0.05, 0.1) is 19.2 Å². The van der Waals surface area contributed by atoms with Crippen LogP contribution >= 0.6 is 0 Å². The molecule has 2 aromatic carbocycles. The van der Waals surface area contributed by atoms with Crippen molar-refractivity contribution in [1.29, 1.82) is 0 Å². The summed E-state index contributed by atoms with van der Waals surface area (Å²) in [5.74, 6) is -1.73. The summed E-state index contributed by atoms with van der Waals surface area (Å²) in [7, 11) is 1.49. The van der Waals surface area contributed by atoms with Crippen molar-refractivity contribution in [3.63, 3.8) is 0 Å². The number of nitrogens with one attached hydrogen (secondary N) is 2. The van der Waals surface area contributed by atoms with Crippen LogP contribution in [0.5, 0.6) is 5.75 Å². The number of amides is 4. The molecule has 1 atom stereocenters. The van der Waals surface area contributed by atoms with Crippen LogP contribution in [-0.2, 0) is 16.9 Å². The van der Waals surface area contributed by atoms with Gasteiger partial charge in [-0.2, -0.15) is 0 Å². The summed E-state index contributed by atoms with van der Waals surface area (Å²) in [6, 6.07) is 8.21. The predicted molar refractivity (Wildman–Crippen MR) is 112 cm³/mol. The number of rotatable bonds is 5. The molecule has 0 unspecified atom stereocenters. The summed E-state index contributed by atoms with van der Waals surface area (Å²) >= 11 is 0. The number of ether oxygens (including phenoxy) is 1. The summed E-state index contributed by atoms with van der Waals surface area (Å²) in [5, 5.41) is 5.14. The standard InChI is InChI=1S/C23H18FN3O6/c1-11(28)15-5-13-6-19(33-18(13)8-17(15)24)23(21(30)25-22(31)26-23)10-27-9-12-3-4-14(32-2)7-16(12)20(27)29/h3-8H,9-10H2,1-2H3,(H2,25,26,30,31)/t23-/m0/s1. The van der Waals surface area contributed by atoms with Gasteiger partial charge in [0.15, 0.2) is 11.3 Å². The maximum atomic E-state index is 14.3. The van der Waals surface area contributed by atoms with Crippen LogP contribution in [0.2, 0.25) is 0 Å². The minimum atomic E-state index is -1.73. The first kappa shape index (κ1) is 20.7. The average Bonchev–Trinajstić information content (AvgIpc) is 3.41. The number of hydrogen-bond donors (Lipinski definition) is 2. The first-order chi connectivity index (χ1) is 15.7. The molecular weight excluding hydrogens is 433 g/mol. The maximum absolute atomic E-state index is 14.3. The molecule has 2 aliphatic rings. The van der Waals surface area contributed by atoms with E-state index < -0.39 is 29.1 Å². The van der Waals surface area contributed by atoms with E-state index in [1.165, 1.54) is 31.1 Å². The SMILES string of the molecule is COc1ccc2c(c1)C(=O)N(C[C@@]1(c3cc4cc(C(C)=O)c(F)cc4o3)NC(=O)NC1=O)C2. The zero-order valence-electron chi connectivity index (χ0n) is 17.7. The Morgan fingerprint density at radius 2 is 2.00 bits per heavy atom. The fourth-order valence-corrected chi connectivity index (χ4v) is 4.28. The number of methoxy groups -OCH3 is 1. The van der Waals surface area contributed by atoms with Crippen molar-refractivity contribution in [2.24, 2.45) is 0 Å². The van der Waals surface area contributed by atoms with Crippen LogP contribution in [0.4, 0.5) is 9.18 Å². The van der Waals surface area contributed by atoms with Gasteiger partial charge in [0, 0.05) is 23.6 Å². The first-order valence-corrected chi connectivity index (χ1v) is 10.1. The molecule has 9 nitrogen and oxygen atoms in total. The van der Waals surface area contributed by atoms with E-state index in [1.54, 1.807) is 18.2 Å². The van der Waals surface area contributed by atoms with Crippen molar-refractivity contribution >= 4 is 34.6 Å². The van der Waals surface area contributed by atoms with E-state index in [2.05, 4.69) is 10.6 Å². The van der Waals surface area contributed by atoms with Crippen molar-refractivity contribution < 1.29 is 32.7 Å². The Morgan fingerprint density at radius 3 is 2.67 bits per heavy atom. The quantitative estimate of drug-likeness (QED) is 0.455. The van der Waals surface area contributed by atoms with Gasteiger partial charge in [-0.3, -0.25) is 19.7 Å². The number of fused-ring (bicyclic) bond motifs is 2. The molecule has 4 amide bonds. The highest BCUT2D eigenvalue weighted by molar-refractivity contribution is 6.08. The summed E-state index contributed by atoms with van der Waals surface area (Å²) in [6.07, 6.45) is 0. The summed E-state index contributed by atoms with van der Waals surface area (Å²) in [5.41, 5.74) is -0.569. The van der Waals surface area contributed by atoms with E-state index in [0.29, 0.717) is 16.7 Å². The van der Waals surface area contributed by atoms with Crippen LogP contribution in [0.3, 0.4) is 0 Å². The largest absolute Gasteiger partial charge is 0.497 e. The van der Waals surface area contributed by atoms with Gasteiger partial charge in [-0.1, -0.05) is 6.07 Å². The van der Waals surface area contributed by atoms with Gasteiger partial charge in [0.1, 0.15) is 22.9 Å². The third kappa shape index (κ3) is 3.13. The second-order valence-corrected chi connectivity index (χ2v) is 8.03. The lowest BCUT2D eigenvalue weighted by Gasteiger charge is -2.29. The third-order valence-corrected chi connectivity index (χ3v) is 5.97. The number of Topliss-reactive ketones (excluding diaryl/α,β-unsaturated/α-hetero) is 1. The molecule has 10 heteroatoms. The number of benzene rings is 2. The molecule has 0 aliphatic carbocycles. The van der Waals surface area contributed by atoms with E-state index >= 15 is 0 Å². The molecule has 0 spiro atoms. The molecule has 3 heterocycles. The second kappa shape index (κ2) is 7.16. The zero-order valence-corrected chi connectivity index (χ0v) is 17.7. The monoisotopic (exact) mass is 451 g/mol. The Kier molecular flexibility index (Phi) is 4.48. The zero-order chi connectivity index (χ0) is 23.5. The van der Waals surface area contributed by atoms with E-state index in [0.717, 1.165) is 11.6 Å². The summed E-state index contributed by atoms with van der Waals surface area (Å²) in [6.45, 7) is 1.23. The van der Waals surface area contributed by atoms with Gasteiger partial charge in [-0.05, 0) is 36.8 Å². The molecule has 1 saturated heterocycles. The van der Waals surface area contributed by atoms with E-state index in [-0.39, 0.29) is 35.9 Å². The molecule has 1 fully saturated rings. The molecule has 0 radical (unpaired) electrons. The molecule has 2 N–H and O–H groups in total. The Hall–Kier alpha value is -4.21. The highest BCUT2D eigenvalue weighted by Gasteiger charge is 2.53. The van der Waals surface area contributed by atoms with Crippen LogP contribution in [0.25, 0.3) is 11.0 Å². The number of carbonyl (C=O) groups is 4. The van der Waals surface area contributed by atoms with Gasteiger partial charge >= 0.3 is 6.03 Å². The number of urea groups is 1. The van der Waals surface area contributed by atoms with Crippen molar-refractivity contribution in [2.45, 2.75) is 19.0 Å². The van der Waals surface area contributed by atoms with Gasteiger partial charge < -0.3 is 19.4 Å². The molecule has 2 aliphatic heterocycles. The van der Waals surface area contributed by atoms with Gasteiger partial charge in [-0.25, -0.2) is 9.18 Å². The van der Waals surface area contributed by atoms with Crippen LogP contribution in [-0.4, -0.2) is 42.2 Å².